The number of hydrogen-bond donors (Lipinski definition) is 0. The molecule has 3 nitrogen and oxygen atoms in total. The number of rotatable bonds is 5. The fourth-order valence-electron chi connectivity index (χ4n) is 4.13. The number of esters is 1. The lowest BCUT2D eigenvalue weighted by atomic mass is 9.80. The molecule has 0 heterocycles. The predicted octanol–water partition coefficient (Wildman–Crippen LogP) is 2.72. The van der Waals surface area contributed by atoms with Crippen molar-refractivity contribution in [2.75, 3.05) is 13.2 Å². The van der Waals surface area contributed by atoms with Crippen molar-refractivity contribution in [3.05, 3.63) is 24.3 Å². The molecule has 3 aliphatic rings. The molecule has 19 heavy (non-hydrogen) atoms. The maximum Gasteiger partial charge on any atom is 0.333 e. The molecule has 0 aliphatic heterocycles. The second-order valence-electron chi connectivity index (χ2n) is 6.13. The van der Waals surface area contributed by atoms with Gasteiger partial charge in [0.1, 0.15) is 6.61 Å². The highest BCUT2D eigenvalue weighted by molar-refractivity contribution is 5.86. The molecule has 3 aliphatic carbocycles. The van der Waals surface area contributed by atoms with E-state index in [0.717, 1.165) is 17.8 Å². The Morgan fingerprint density at radius 2 is 2.16 bits per heavy atom. The van der Waals surface area contributed by atoms with Crippen LogP contribution in [-0.4, -0.2) is 25.3 Å². The topological polar surface area (TPSA) is 35.5 Å². The minimum Gasteiger partial charge on any atom is -0.460 e. The first-order valence-corrected chi connectivity index (χ1v) is 7.27. The van der Waals surface area contributed by atoms with E-state index in [0.29, 0.717) is 30.8 Å². The van der Waals surface area contributed by atoms with Crippen LogP contribution in [0.1, 0.15) is 26.2 Å². The summed E-state index contributed by atoms with van der Waals surface area (Å²) in [6.45, 7) is 6.06. The average molecular weight is 262 g/mol. The third-order valence-electron chi connectivity index (χ3n) is 4.95. The van der Waals surface area contributed by atoms with Crippen molar-refractivity contribution in [2.24, 2.45) is 23.7 Å². The van der Waals surface area contributed by atoms with E-state index in [1.54, 1.807) is 6.92 Å². The summed E-state index contributed by atoms with van der Waals surface area (Å²) in [5, 5.41) is 0. The molecule has 2 saturated carbocycles. The third kappa shape index (κ3) is 2.36. The molecule has 5 atom stereocenters. The van der Waals surface area contributed by atoms with Gasteiger partial charge in [0.05, 0.1) is 12.7 Å². The second-order valence-corrected chi connectivity index (χ2v) is 6.13. The van der Waals surface area contributed by atoms with Gasteiger partial charge < -0.3 is 9.47 Å². The first-order valence-electron chi connectivity index (χ1n) is 7.27. The second kappa shape index (κ2) is 5.12. The van der Waals surface area contributed by atoms with Gasteiger partial charge in [-0.25, -0.2) is 4.79 Å². The fourth-order valence-corrected chi connectivity index (χ4v) is 4.13. The molecule has 0 amide bonds. The Labute approximate surface area is 114 Å². The lowest BCUT2D eigenvalue weighted by Crippen LogP contribution is -2.31. The van der Waals surface area contributed by atoms with E-state index in [1.165, 1.54) is 19.3 Å². The highest BCUT2D eigenvalue weighted by Crippen LogP contribution is 2.57. The number of carbonyl (C=O) groups excluding carboxylic acids is 1. The zero-order chi connectivity index (χ0) is 13.4. The molecule has 3 heteroatoms. The normalized spacial score (nSPS) is 38.5. The Hall–Kier alpha value is -1.09. The van der Waals surface area contributed by atoms with Gasteiger partial charge in [-0.2, -0.15) is 0 Å². The third-order valence-corrected chi connectivity index (χ3v) is 4.95. The van der Waals surface area contributed by atoms with Crippen molar-refractivity contribution < 1.29 is 14.3 Å². The molecule has 3 unspecified atom stereocenters. The molecule has 0 N–H and O–H groups in total. The molecule has 0 radical (unpaired) electrons. The number of carbonyl (C=O) groups is 1. The summed E-state index contributed by atoms with van der Waals surface area (Å²) in [6, 6.07) is 0. The molecule has 0 aromatic carbocycles. The number of fused-ring (bicyclic) bond motifs is 5. The monoisotopic (exact) mass is 262 g/mol. The maximum absolute atomic E-state index is 11.2. The van der Waals surface area contributed by atoms with Crippen molar-refractivity contribution >= 4 is 5.97 Å². The molecule has 3 rings (SSSR count). The van der Waals surface area contributed by atoms with Gasteiger partial charge in [0, 0.05) is 5.57 Å². The standard InChI is InChI=1S/C16H22O3/c1-10(2)16(17)19-7-6-18-15-9-11-8-14(15)13-5-3-4-12(11)13/h3,5,11-15H,1,4,6-9H2,2H3/t11-,12?,13?,14-,15?/m1/s1. The van der Waals surface area contributed by atoms with Crippen LogP contribution in [0.15, 0.2) is 24.3 Å². The summed E-state index contributed by atoms with van der Waals surface area (Å²) >= 11 is 0. The minimum absolute atomic E-state index is 0.324. The van der Waals surface area contributed by atoms with Crippen molar-refractivity contribution in [1.82, 2.24) is 0 Å². The molecule has 0 saturated heterocycles. The highest BCUT2D eigenvalue weighted by atomic mass is 16.6. The van der Waals surface area contributed by atoms with Gasteiger partial charge in [-0.3, -0.25) is 0 Å². The Morgan fingerprint density at radius 1 is 1.32 bits per heavy atom. The largest absolute Gasteiger partial charge is 0.460 e. The first kappa shape index (κ1) is 12.9. The van der Waals surface area contributed by atoms with E-state index >= 15 is 0 Å². The summed E-state index contributed by atoms with van der Waals surface area (Å²) in [5.41, 5.74) is 0.443. The summed E-state index contributed by atoms with van der Waals surface area (Å²) in [6.07, 6.45) is 8.90. The molecule has 104 valence electrons. The average Bonchev–Trinajstić information content (AvgIpc) is 3.05. The smallest absolute Gasteiger partial charge is 0.333 e. The van der Waals surface area contributed by atoms with Crippen LogP contribution in [0.3, 0.4) is 0 Å². The predicted molar refractivity (Wildman–Crippen MR) is 72.5 cm³/mol. The van der Waals surface area contributed by atoms with Gasteiger partial charge >= 0.3 is 5.97 Å². The van der Waals surface area contributed by atoms with Crippen LogP contribution in [0.4, 0.5) is 0 Å². The molecule has 0 aromatic rings. The molecule has 0 aromatic heterocycles. The van der Waals surface area contributed by atoms with Gasteiger partial charge in [-0.15, -0.1) is 0 Å². The summed E-state index contributed by atoms with van der Waals surface area (Å²) in [7, 11) is 0. The molecule has 2 fully saturated rings. The Bertz CT molecular complexity index is 412. The first-order chi connectivity index (χ1) is 9.16. The minimum atomic E-state index is -0.324. The van der Waals surface area contributed by atoms with E-state index < -0.39 is 0 Å². The van der Waals surface area contributed by atoms with Crippen LogP contribution in [0.25, 0.3) is 0 Å². The van der Waals surface area contributed by atoms with Gasteiger partial charge in [0.25, 0.3) is 0 Å². The van der Waals surface area contributed by atoms with Crippen LogP contribution in [0, 0.1) is 23.7 Å². The van der Waals surface area contributed by atoms with E-state index in [-0.39, 0.29) is 5.97 Å². The van der Waals surface area contributed by atoms with Crippen LogP contribution in [0.5, 0.6) is 0 Å². The lowest BCUT2D eigenvalue weighted by Gasteiger charge is -2.31. The summed E-state index contributed by atoms with van der Waals surface area (Å²) in [5.74, 6) is 2.88. The SMILES string of the molecule is C=C(C)C(=O)OCCOC1C[C@H]2C[C@@H]1C1C=CCC12. The van der Waals surface area contributed by atoms with Crippen LogP contribution < -0.4 is 0 Å². The highest BCUT2D eigenvalue weighted by Gasteiger charge is 2.52. The lowest BCUT2D eigenvalue weighted by molar-refractivity contribution is -0.141. The molecule has 0 spiro atoms. The summed E-state index contributed by atoms with van der Waals surface area (Å²) < 4.78 is 11.0. The van der Waals surface area contributed by atoms with Crippen molar-refractivity contribution in [1.29, 1.82) is 0 Å². The quantitative estimate of drug-likeness (QED) is 0.331. The van der Waals surface area contributed by atoms with Gasteiger partial charge in [0.15, 0.2) is 0 Å². The van der Waals surface area contributed by atoms with Gasteiger partial charge in [0.2, 0.25) is 0 Å². The Kier molecular flexibility index (Phi) is 3.48. The van der Waals surface area contributed by atoms with Gasteiger partial charge in [-0.05, 0) is 49.9 Å². The fraction of sp³-hybridized carbons (Fsp3) is 0.688. The van der Waals surface area contributed by atoms with Crippen molar-refractivity contribution in [2.45, 2.75) is 32.3 Å². The molecule has 2 bridgehead atoms. The van der Waals surface area contributed by atoms with E-state index in [2.05, 4.69) is 18.7 Å². The Balaban J connectivity index is 1.42. The Morgan fingerprint density at radius 3 is 2.95 bits per heavy atom. The molecular weight excluding hydrogens is 240 g/mol. The van der Waals surface area contributed by atoms with E-state index in [1.807, 2.05) is 0 Å². The van der Waals surface area contributed by atoms with Gasteiger partial charge in [-0.1, -0.05) is 18.7 Å². The molecular formula is C16H22O3. The van der Waals surface area contributed by atoms with E-state index in [9.17, 15) is 4.79 Å². The van der Waals surface area contributed by atoms with Crippen LogP contribution in [0.2, 0.25) is 0 Å². The maximum atomic E-state index is 11.2. The zero-order valence-electron chi connectivity index (χ0n) is 11.5. The summed E-state index contributed by atoms with van der Waals surface area (Å²) in [4.78, 5) is 11.2. The zero-order valence-corrected chi connectivity index (χ0v) is 11.5. The number of ether oxygens (including phenoxy) is 2. The number of allylic oxidation sites excluding steroid dienone is 2. The van der Waals surface area contributed by atoms with Crippen LogP contribution in [-0.2, 0) is 14.3 Å². The van der Waals surface area contributed by atoms with Crippen molar-refractivity contribution in [3.63, 3.8) is 0 Å². The number of hydrogen-bond acceptors (Lipinski definition) is 3. The van der Waals surface area contributed by atoms with Crippen molar-refractivity contribution in [3.8, 4) is 0 Å². The van der Waals surface area contributed by atoms with Crippen LogP contribution >= 0.6 is 0 Å². The van der Waals surface area contributed by atoms with E-state index in [4.69, 9.17) is 9.47 Å².